The number of hydrogen-bond acceptors (Lipinski definition) is 7. The van der Waals surface area contributed by atoms with E-state index >= 15 is 0 Å². The van der Waals surface area contributed by atoms with Gasteiger partial charge >= 0.3 is 6.01 Å². The van der Waals surface area contributed by atoms with E-state index in [1.165, 1.54) is 0 Å². The van der Waals surface area contributed by atoms with Crippen LogP contribution in [0, 0.1) is 0 Å². The Balaban J connectivity index is 2.20. The molecule has 1 fully saturated rings. The molecule has 1 atom stereocenters. The number of hydrogen-bond donors (Lipinski definition) is 2. The van der Waals surface area contributed by atoms with Gasteiger partial charge in [-0.05, 0) is 26.7 Å². The van der Waals surface area contributed by atoms with Gasteiger partial charge in [-0.2, -0.15) is 15.0 Å². The molecule has 1 unspecified atom stereocenters. The number of nitrogens with one attached hydrogen (secondary N) is 1. The smallest absolute Gasteiger partial charge is 0.323 e. The molecule has 0 amide bonds. The topological polar surface area (TPSA) is 83.4 Å². The minimum atomic E-state index is -0.685. The van der Waals surface area contributed by atoms with Gasteiger partial charge in [-0.25, -0.2) is 0 Å². The highest BCUT2D eigenvalue weighted by Crippen LogP contribution is 2.25. The number of rotatable bonds is 6. The Morgan fingerprint density at radius 1 is 1.35 bits per heavy atom. The summed E-state index contributed by atoms with van der Waals surface area (Å²) < 4.78 is 5.50. The first kappa shape index (κ1) is 14.8. The number of ether oxygens (including phenoxy) is 1. The molecule has 0 radical (unpaired) electrons. The molecule has 1 aromatic heterocycles. The number of β-amino-alcohol motifs (C(OH)–C–C–N with tert-alkyl or cyclic N) is 1. The Labute approximate surface area is 119 Å². The van der Waals surface area contributed by atoms with Crippen molar-refractivity contribution in [2.45, 2.75) is 39.2 Å². The Morgan fingerprint density at radius 2 is 2.15 bits per heavy atom. The molecule has 112 valence electrons. The van der Waals surface area contributed by atoms with Crippen LogP contribution in [0.4, 0.5) is 11.9 Å². The molecule has 1 aliphatic heterocycles. The van der Waals surface area contributed by atoms with Crippen molar-refractivity contribution in [2.24, 2.45) is 0 Å². The molecule has 2 N–H and O–H groups in total. The summed E-state index contributed by atoms with van der Waals surface area (Å²) in [7, 11) is 0. The Bertz CT molecular complexity index is 452. The van der Waals surface area contributed by atoms with Crippen LogP contribution in [-0.2, 0) is 0 Å². The van der Waals surface area contributed by atoms with Gasteiger partial charge in [0.2, 0.25) is 11.9 Å². The first-order chi connectivity index (χ1) is 9.54. The van der Waals surface area contributed by atoms with Crippen LogP contribution in [0.25, 0.3) is 0 Å². The predicted octanol–water partition coefficient (Wildman–Crippen LogP) is 1.05. The summed E-state index contributed by atoms with van der Waals surface area (Å²) in [4.78, 5) is 14.9. The van der Waals surface area contributed by atoms with Crippen LogP contribution in [0.1, 0.15) is 33.6 Å². The molecule has 7 nitrogen and oxygen atoms in total. The summed E-state index contributed by atoms with van der Waals surface area (Å²) in [6.07, 6.45) is 1.61. The van der Waals surface area contributed by atoms with Gasteiger partial charge in [0.1, 0.15) is 0 Å². The van der Waals surface area contributed by atoms with Crippen molar-refractivity contribution in [2.75, 3.05) is 36.5 Å². The van der Waals surface area contributed by atoms with Crippen molar-refractivity contribution in [1.29, 1.82) is 0 Å². The SMILES string of the molecule is CCCOc1nc(NCC)nc(N2CCC(C)(O)C2)n1. The third kappa shape index (κ3) is 3.69. The minimum absolute atomic E-state index is 0.333. The van der Waals surface area contributed by atoms with Crippen molar-refractivity contribution < 1.29 is 9.84 Å². The first-order valence-electron chi connectivity index (χ1n) is 7.14. The summed E-state index contributed by atoms with van der Waals surface area (Å²) >= 11 is 0. The molecule has 1 aromatic rings. The van der Waals surface area contributed by atoms with E-state index < -0.39 is 5.60 Å². The average Bonchev–Trinajstić information content (AvgIpc) is 2.77. The van der Waals surface area contributed by atoms with Crippen LogP contribution in [0.5, 0.6) is 6.01 Å². The summed E-state index contributed by atoms with van der Waals surface area (Å²) in [5, 5.41) is 13.1. The zero-order valence-electron chi connectivity index (χ0n) is 12.4. The molecule has 20 heavy (non-hydrogen) atoms. The Morgan fingerprint density at radius 3 is 2.75 bits per heavy atom. The lowest BCUT2D eigenvalue weighted by Gasteiger charge is -2.19. The number of aliphatic hydroxyl groups is 1. The standard InChI is InChI=1S/C13H23N5O2/c1-4-8-20-12-16-10(14-5-2)15-11(17-12)18-7-6-13(3,19)9-18/h19H,4-9H2,1-3H3,(H,14,15,16,17). The lowest BCUT2D eigenvalue weighted by Crippen LogP contribution is -2.30. The summed E-state index contributed by atoms with van der Waals surface area (Å²) in [6, 6.07) is 0.333. The van der Waals surface area contributed by atoms with Gasteiger partial charge in [-0.15, -0.1) is 0 Å². The maximum absolute atomic E-state index is 10.0. The normalized spacial score (nSPS) is 22.1. The van der Waals surface area contributed by atoms with Crippen molar-refractivity contribution in [3.05, 3.63) is 0 Å². The van der Waals surface area contributed by atoms with Crippen LogP contribution in [-0.4, -0.2) is 51.9 Å². The fourth-order valence-corrected chi connectivity index (χ4v) is 2.10. The summed E-state index contributed by atoms with van der Waals surface area (Å²) in [6.45, 7) is 8.41. The second-order valence-corrected chi connectivity index (χ2v) is 5.29. The molecule has 1 aliphatic rings. The van der Waals surface area contributed by atoms with E-state index in [1.807, 2.05) is 25.7 Å². The molecule has 0 bridgehead atoms. The highest BCUT2D eigenvalue weighted by atomic mass is 16.5. The molecule has 0 saturated carbocycles. The van der Waals surface area contributed by atoms with Gasteiger partial charge in [0, 0.05) is 19.6 Å². The second-order valence-electron chi connectivity index (χ2n) is 5.29. The number of nitrogens with zero attached hydrogens (tertiary/aromatic N) is 4. The number of anilines is 2. The molecule has 0 aliphatic carbocycles. The largest absolute Gasteiger partial charge is 0.463 e. The fourth-order valence-electron chi connectivity index (χ4n) is 2.10. The Kier molecular flexibility index (Phi) is 4.59. The molecular weight excluding hydrogens is 258 g/mol. The average molecular weight is 281 g/mol. The highest BCUT2D eigenvalue weighted by molar-refractivity contribution is 5.40. The lowest BCUT2D eigenvalue weighted by atomic mass is 10.1. The summed E-state index contributed by atoms with van der Waals surface area (Å²) in [5.41, 5.74) is -0.685. The van der Waals surface area contributed by atoms with E-state index in [4.69, 9.17) is 4.74 Å². The second kappa shape index (κ2) is 6.21. The molecule has 0 spiro atoms. The first-order valence-corrected chi connectivity index (χ1v) is 7.14. The van der Waals surface area contributed by atoms with E-state index in [2.05, 4.69) is 20.3 Å². The highest BCUT2D eigenvalue weighted by Gasteiger charge is 2.33. The third-order valence-electron chi connectivity index (χ3n) is 3.11. The molecule has 2 rings (SSSR count). The van der Waals surface area contributed by atoms with Crippen molar-refractivity contribution in [3.63, 3.8) is 0 Å². The van der Waals surface area contributed by atoms with Gasteiger partial charge in [0.05, 0.1) is 12.2 Å². The van der Waals surface area contributed by atoms with Gasteiger partial charge in [0.15, 0.2) is 0 Å². The van der Waals surface area contributed by atoms with Gasteiger partial charge < -0.3 is 20.1 Å². The van der Waals surface area contributed by atoms with Gasteiger partial charge in [-0.1, -0.05) is 6.92 Å². The molecular formula is C13H23N5O2. The van der Waals surface area contributed by atoms with Crippen LogP contribution in [0.15, 0.2) is 0 Å². The van der Waals surface area contributed by atoms with E-state index in [1.54, 1.807) is 0 Å². The van der Waals surface area contributed by atoms with E-state index in [-0.39, 0.29) is 0 Å². The van der Waals surface area contributed by atoms with Crippen molar-refractivity contribution in [1.82, 2.24) is 15.0 Å². The monoisotopic (exact) mass is 281 g/mol. The maximum Gasteiger partial charge on any atom is 0.323 e. The third-order valence-corrected chi connectivity index (χ3v) is 3.11. The van der Waals surface area contributed by atoms with Crippen LogP contribution in [0.2, 0.25) is 0 Å². The zero-order chi connectivity index (χ0) is 14.6. The molecule has 2 heterocycles. The molecule has 1 saturated heterocycles. The minimum Gasteiger partial charge on any atom is -0.463 e. The Hall–Kier alpha value is -1.63. The van der Waals surface area contributed by atoms with E-state index in [0.29, 0.717) is 37.5 Å². The van der Waals surface area contributed by atoms with E-state index in [0.717, 1.165) is 19.5 Å². The maximum atomic E-state index is 10.0. The molecule has 0 aromatic carbocycles. The summed E-state index contributed by atoms with van der Waals surface area (Å²) in [5.74, 6) is 1.06. The van der Waals surface area contributed by atoms with Crippen LogP contribution >= 0.6 is 0 Å². The van der Waals surface area contributed by atoms with E-state index in [9.17, 15) is 5.11 Å². The lowest BCUT2D eigenvalue weighted by molar-refractivity contribution is 0.0838. The molecule has 7 heteroatoms. The van der Waals surface area contributed by atoms with Crippen LogP contribution in [0.3, 0.4) is 0 Å². The fraction of sp³-hybridized carbons (Fsp3) is 0.769. The number of aromatic nitrogens is 3. The van der Waals surface area contributed by atoms with Gasteiger partial charge in [0.25, 0.3) is 0 Å². The van der Waals surface area contributed by atoms with Crippen molar-refractivity contribution in [3.8, 4) is 6.01 Å². The predicted molar refractivity (Wildman–Crippen MR) is 77.2 cm³/mol. The van der Waals surface area contributed by atoms with Gasteiger partial charge in [-0.3, -0.25) is 0 Å². The zero-order valence-corrected chi connectivity index (χ0v) is 12.4. The van der Waals surface area contributed by atoms with Crippen LogP contribution < -0.4 is 15.0 Å². The van der Waals surface area contributed by atoms with Crippen molar-refractivity contribution >= 4 is 11.9 Å². The quantitative estimate of drug-likeness (QED) is 0.806.